The molecule has 2 aromatic carbocycles. The quantitative estimate of drug-likeness (QED) is 0.314. The molecule has 2 aromatic heterocycles. The largest absolute Gasteiger partial charge is 0.477 e. The van der Waals surface area contributed by atoms with Crippen molar-refractivity contribution in [2.24, 2.45) is 0 Å². The first kappa shape index (κ1) is 23.3. The van der Waals surface area contributed by atoms with E-state index in [2.05, 4.69) is 45.7 Å². The average molecular weight is 487 g/mol. The monoisotopic (exact) mass is 486 g/mol. The standard InChI is InChI=1S/C28H27ClN4O2/c29-23-4-1-3-21(17-23)20-7-5-19(6-8-20)11-14-30-13-2-16-33-27(28(34)35)25-10-9-22-18-31-15-12-24(22)26(25)32-33/h1,3-8,12,15,17-18,30H,2,9-11,13-14,16H2,(H,34,35). The van der Waals surface area contributed by atoms with Crippen molar-refractivity contribution in [3.05, 3.63) is 94.4 Å². The minimum atomic E-state index is -0.912. The van der Waals surface area contributed by atoms with Crippen molar-refractivity contribution < 1.29 is 9.90 Å². The van der Waals surface area contributed by atoms with Crippen LogP contribution in [0.1, 0.15) is 33.6 Å². The smallest absolute Gasteiger partial charge is 0.354 e. The fourth-order valence-corrected chi connectivity index (χ4v) is 4.90. The van der Waals surface area contributed by atoms with Gasteiger partial charge in [-0.25, -0.2) is 4.79 Å². The van der Waals surface area contributed by atoms with Gasteiger partial charge in [-0.2, -0.15) is 5.10 Å². The van der Waals surface area contributed by atoms with Gasteiger partial charge in [-0.15, -0.1) is 0 Å². The summed E-state index contributed by atoms with van der Waals surface area (Å²) < 4.78 is 1.67. The molecule has 0 unspecified atom stereocenters. The summed E-state index contributed by atoms with van der Waals surface area (Å²) in [5, 5.41) is 18.7. The normalized spacial score (nSPS) is 12.3. The Kier molecular flexibility index (Phi) is 6.93. The summed E-state index contributed by atoms with van der Waals surface area (Å²) >= 11 is 6.10. The molecule has 4 aromatic rings. The van der Waals surface area contributed by atoms with Crippen molar-refractivity contribution in [2.75, 3.05) is 13.1 Å². The number of carbonyl (C=O) groups is 1. The number of halogens is 1. The van der Waals surface area contributed by atoms with Crippen LogP contribution in [0.5, 0.6) is 0 Å². The summed E-state index contributed by atoms with van der Waals surface area (Å²) in [5.74, 6) is -0.912. The lowest BCUT2D eigenvalue weighted by Gasteiger charge is -2.14. The number of aromatic nitrogens is 3. The Morgan fingerprint density at radius 2 is 1.91 bits per heavy atom. The van der Waals surface area contributed by atoms with E-state index in [0.717, 1.165) is 70.9 Å². The topological polar surface area (TPSA) is 80.0 Å². The van der Waals surface area contributed by atoms with E-state index in [1.165, 1.54) is 5.56 Å². The molecule has 0 amide bonds. The highest BCUT2D eigenvalue weighted by molar-refractivity contribution is 6.30. The molecule has 0 atom stereocenters. The van der Waals surface area contributed by atoms with Crippen molar-refractivity contribution in [2.45, 2.75) is 32.2 Å². The number of hydrogen-bond donors (Lipinski definition) is 2. The lowest BCUT2D eigenvalue weighted by Crippen LogP contribution is -2.21. The second-order valence-corrected chi connectivity index (χ2v) is 9.23. The molecule has 2 N–H and O–H groups in total. The predicted octanol–water partition coefficient (Wildman–Crippen LogP) is 5.28. The van der Waals surface area contributed by atoms with Gasteiger partial charge in [0.05, 0.1) is 5.69 Å². The van der Waals surface area contributed by atoms with Crippen LogP contribution in [0.15, 0.2) is 67.0 Å². The molecule has 178 valence electrons. The number of rotatable bonds is 9. The molecule has 2 heterocycles. The van der Waals surface area contributed by atoms with E-state index in [9.17, 15) is 9.90 Å². The number of benzene rings is 2. The Hall–Kier alpha value is -3.48. The van der Waals surface area contributed by atoms with E-state index >= 15 is 0 Å². The number of aryl methyl sites for hydroxylation is 2. The summed E-state index contributed by atoms with van der Waals surface area (Å²) in [7, 11) is 0. The van der Waals surface area contributed by atoms with Crippen molar-refractivity contribution in [1.29, 1.82) is 0 Å². The van der Waals surface area contributed by atoms with E-state index in [-0.39, 0.29) is 0 Å². The SMILES string of the molecule is O=C(O)c1c2c(nn1CCCNCCc1ccc(-c3cccc(Cl)c3)cc1)-c1ccncc1CC2. The van der Waals surface area contributed by atoms with Gasteiger partial charge in [0, 0.05) is 35.1 Å². The molecule has 5 rings (SSSR count). The van der Waals surface area contributed by atoms with Crippen LogP contribution < -0.4 is 5.32 Å². The molecule has 0 radical (unpaired) electrons. The molecular formula is C28H27ClN4O2. The van der Waals surface area contributed by atoms with E-state index in [1.54, 1.807) is 10.9 Å². The molecule has 0 saturated carbocycles. The minimum absolute atomic E-state index is 0.322. The lowest BCUT2D eigenvalue weighted by atomic mass is 9.90. The zero-order valence-electron chi connectivity index (χ0n) is 19.4. The second kappa shape index (κ2) is 10.4. The van der Waals surface area contributed by atoms with Gasteiger partial charge in [-0.05, 0) is 79.2 Å². The second-order valence-electron chi connectivity index (χ2n) is 8.80. The first-order chi connectivity index (χ1) is 17.1. The molecule has 6 nitrogen and oxygen atoms in total. The Labute approximate surface area is 209 Å². The summed E-state index contributed by atoms with van der Waals surface area (Å²) in [6.45, 7) is 2.22. The number of carboxylic acids is 1. The summed E-state index contributed by atoms with van der Waals surface area (Å²) in [5.41, 5.74) is 7.62. The highest BCUT2D eigenvalue weighted by Crippen LogP contribution is 2.34. The van der Waals surface area contributed by atoms with Crippen LogP contribution in [0.25, 0.3) is 22.4 Å². The molecule has 0 bridgehead atoms. The Bertz CT molecular complexity index is 1350. The number of fused-ring (bicyclic) bond motifs is 3. The van der Waals surface area contributed by atoms with Crippen LogP contribution in [0.2, 0.25) is 5.02 Å². The van der Waals surface area contributed by atoms with E-state index in [0.29, 0.717) is 18.7 Å². The maximum absolute atomic E-state index is 12.0. The van der Waals surface area contributed by atoms with Crippen molar-refractivity contribution in [3.8, 4) is 22.4 Å². The van der Waals surface area contributed by atoms with Crippen molar-refractivity contribution in [3.63, 3.8) is 0 Å². The van der Waals surface area contributed by atoms with Crippen LogP contribution in [0, 0.1) is 0 Å². The fourth-order valence-electron chi connectivity index (χ4n) is 4.71. The first-order valence-electron chi connectivity index (χ1n) is 11.9. The molecule has 1 aliphatic rings. The van der Waals surface area contributed by atoms with Crippen LogP contribution in [0.3, 0.4) is 0 Å². The van der Waals surface area contributed by atoms with Crippen LogP contribution in [-0.2, 0) is 25.8 Å². The molecule has 0 aliphatic heterocycles. The number of hydrogen-bond acceptors (Lipinski definition) is 4. The van der Waals surface area contributed by atoms with Gasteiger partial charge in [0.2, 0.25) is 0 Å². The van der Waals surface area contributed by atoms with Crippen LogP contribution in [0.4, 0.5) is 0 Å². The summed E-state index contributed by atoms with van der Waals surface area (Å²) in [6.07, 6.45) is 6.80. The number of pyridine rings is 1. The van der Waals surface area contributed by atoms with Gasteiger partial charge in [0.25, 0.3) is 0 Å². The maximum Gasteiger partial charge on any atom is 0.354 e. The molecule has 0 fully saturated rings. The molecule has 0 saturated heterocycles. The highest BCUT2D eigenvalue weighted by atomic mass is 35.5. The minimum Gasteiger partial charge on any atom is -0.477 e. The van der Waals surface area contributed by atoms with Gasteiger partial charge in [-0.1, -0.05) is 48.0 Å². The fraction of sp³-hybridized carbons (Fsp3) is 0.250. The third-order valence-electron chi connectivity index (χ3n) is 6.48. The third kappa shape index (κ3) is 5.14. The maximum atomic E-state index is 12.0. The molecule has 7 heteroatoms. The predicted molar refractivity (Wildman–Crippen MR) is 138 cm³/mol. The first-order valence-corrected chi connectivity index (χ1v) is 12.3. The Morgan fingerprint density at radius 1 is 1.06 bits per heavy atom. The van der Waals surface area contributed by atoms with Crippen molar-refractivity contribution in [1.82, 2.24) is 20.1 Å². The lowest BCUT2D eigenvalue weighted by molar-refractivity contribution is 0.0681. The van der Waals surface area contributed by atoms with Gasteiger partial charge >= 0.3 is 5.97 Å². The van der Waals surface area contributed by atoms with Crippen LogP contribution in [-0.4, -0.2) is 38.9 Å². The van der Waals surface area contributed by atoms with E-state index in [4.69, 9.17) is 11.6 Å². The molecule has 1 aliphatic carbocycles. The molecule has 35 heavy (non-hydrogen) atoms. The number of carboxylic acid groups (broad SMARTS) is 1. The summed E-state index contributed by atoms with van der Waals surface area (Å²) in [6, 6.07) is 18.4. The average Bonchev–Trinajstić information content (AvgIpc) is 3.26. The van der Waals surface area contributed by atoms with Crippen molar-refractivity contribution >= 4 is 17.6 Å². The Balaban J connectivity index is 1.13. The zero-order valence-corrected chi connectivity index (χ0v) is 20.1. The van der Waals surface area contributed by atoms with Gasteiger partial charge in [0.1, 0.15) is 5.69 Å². The van der Waals surface area contributed by atoms with Gasteiger partial charge in [-0.3, -0.25) is 9.67 Å². The van der Waals surface area contributed by atoms with Gasteiger partial charge < -0.3 is 10.4 Å². The number of nitrogens with zero attached hydrogens (tertiary/aromatic N) is 3. The van der Waals surface area contributed by atoms with E-state index < -0.39 is 5.97 Å². The summed E-state index contributed by atoms with van der Waals surface area (Å²) in [4.78, 5) is 16.2. The zero-order chi connectivity index (χ0) is 24.2. The number of nitrogens with one attached hydrogen (secondary N) is 1. The van der Waals surface area contributed by atoms with Gasteiger partial charge in [0.15, 0.2) is 0 Å². The van der Waals surface area contributed by atoms with E-state index in [1.807, 2.05) is 30.5 Å². The third-order valence-corrected chi connectivity index (χ3v) is 6.72. The highest BCUT2D eigenvalue weighted by Gasteiger charge is 2.27. The number of aromatic carboxylic acids is 1. The molecular weight excluding hydrogens is 460 g/mol. The van der Waals surface area contributed by atoms with Crippen LogP contribution >= 0.6 is 11.6 Å². The molecule has 0 spiro atoms. The Morgan fingerprint density at radius 3 is 2.71 bits per heavy atom.